The molecule has 33 heavy (non-hydrogen) atoms. The van der Waals surface area contributed by atoms with Crippen molar-refractivity contribution < 1.29 is 23.0 Å². The number of amides is 1. The number of nitrogens with zero attached hydrogens (tertiary/aromatic N) is 2. The number of hydrogen-bond donors (Lipinski definition) is 3. The fraction of sp³-hybridized carbons (Fsp3) is 0.318. The molecule has 1 aliphatic carbocycles. The van der Waals surface area contributed by atoms with Crippen LogP contribution < -0.4 is 14.8 Å². The zero-order valence-electron chi connectivity index (χ0n) is 18.2. The lowest BCUT2D eigenvalue weighted by atomic mass is 9.90. The average Bonchev–Trinajstić information content (AvgIpc) is 3.34. The van der Waals surface area contributed by atoms with Gasteiger partial charge in [-0.3, -0.25) is 15.0 Å². The molecule has 2 heterocycles. The van der Waals surface area contributed by atoms with Gasteiger partial charge in [0.05, 0.1) is 26.1 Å². The summed E-state index contributed by atoms with van der Waals surface area (Å²) in [5, 5.41) is 17.0. The van der Waals surface area contributed by atoms with Gasteiger partial charge in [-0.15, -0.1) is 0 Å². The summed E-state index contributed by atoms with van der Waals surface area (Å²) in [6.07, 6.45) is 4.91. The van der Waals surface area contributed by atoms with Crippen molar-refractivity contribution in [2.75, 3.05) is 19.5 Å². The van der Waals surface area contributed by atoms with Crippen LogP contribution in [0.2, 0.25) is 0 Å². The Labute approximate surface area is 196 Å². The van der Waals surface area contributed by atoms with Crippen LogP contribution in [0.3, 0.4) is 0 Å². The monoisotopic (exact) mass is 477 g/mol. The molecule has 0 fully saturated rings. The maximum Gasteiger partial charge on any atom is 0.247 e. The number of rotatable bonds is 6. The Hall–Kier alpha value is -3.34. The number of methoxy groups -OCH3 is 2. The first-order chi connectivity index (χ1) is 15.5. The third-order valence-electron chi connectivity index (χ3n) is 5.72. The van der Waals surface area contributed by atoms with Gasteiger partial charge in [-0.1, -0.05) is 6.58 Å². The van der Waals surface area contributed by atoms with Gasteiger partial charge in [0.15, 0.2) is 23.1 Å². The van der Waals surface area contributed by atoms with Crippen molar-refractivity contribution in [1.29, 1.82) is 0 Å². The topological polar surface area (TPSA) is 105 Å². The van der Waals surface area contributed by atoms with Crippen LogP contribution in [0.15, 0.2) is 24.9 Å². The highest BCUT2D eigenvalue weighted by Gasteiger charge is 2.31. The summed E-state index contributed by atoms with van der Waals surface area (Å²) >= 11 is 0. The number of hydrogen-bond acceptors (Lipinski definition) is 5. The van der Waals surface area contributed by atoms with Crippen molar-refractivity contribution in [3.63, 3.8) is 0 Å². The van der Waals surface area contributed by atoms with Crippen LogP contribution in [0.25, 0.3) is 11.4 Å². The zero-order valence-corrected chi connectivity index (χ0v) is 19.2. The maximum atomic E-state index is 15.1. The van der Waals surface area contributed by atoms with Crippen molar-refractivity contribution >= 4 is 25.1 Å². The molecule has 1 amide bonds. The Balaban J connectivity index is 0.00000306. The van der Waals surface area contributed by atoms with Gasteiger partial charge in [0.25, 0.3) is 0 Å². The van der Waals surface area contributed by atoms with E-state index in [1.807, 2.05) is 0 Å². The predicted octanol–water partition coefficient (Wildman–Crippen LogP) is 4.00. The second-order valence-corrected chi connectivity index (χ2v) is 7.50. The first-order valence-electron chi connectivity index (χ1n) is 10.1. The van der Waals surface area contributed by atoms with Crippen molar-refractivity contribution in [3.05, 3.63) is 53.4 Å². The van der Waals surface area contributed by atoms with Gasteiger partial charge in [0, 0.05) is 22.9 Å². The van der Waals surface area contributed by atoms with Crippen molar-refractivity contribution in [2.45, 2.75) is 31.6 Å². The molecule has 1 aromatic carbocycles. The first kappa shape index (κ1) is 24.3. The Morgan fingerprint density at radius 3 is 2.58 bits per heavy atom. The minimum atomic E-state index is -0.720. The molecule has 0 aliphatic heterocycles. The number of ether oxygens (including phenoxy) is 2. The fourth-order valence-electron chi connectivity index (χ4n) is 4.17. The highest BCUT2D eigenvalue weighted by Crippen LogP contribution is 2.41. The number of nitrogens with one attached hydrogen (secondary N) is 3. The first-order valence-corrected chi connectivity index (χ1v) is 10.1. The Bertz CT molecular complexity index is 1150. The summed E-state index contributed by atoms with van der Waals surface area (Å²) in [6, 6.07) is 1.21. The average molecular weight is 478 g/mol. The minimum absolute atomic E-state index is 0. The van der Waals surface area contributed by atoms with Crippen LogP contribution in [-0.2, 0) is 17.6 Å². The molecule has 176 valence electrons. The lowest BCUT2D eigenvalue weighted by molar-refractivity contribution is -0.111. The van der Waals surface area contributed by atoms with Crippen LogP contribution >= 0.6 is 13.5 Å². The number of benzene rings is 1. The van der Waals surface area contributed by atoms with E-state index in [1.165, 1.54) is 26.5 Å². The fourth-order valence-corrected chi connectivity index (χ4v) is 4.17. The highest BCUT2D eigenvalue weighted by atomic mass is 32.1. The number of halogens is 2. The Morgan fingerprint density at radius 2 is 1.94 bits per heavy atom. The van der Waals surface area contributed by atoms with Crippen molar-refractivity contribution in [2.24, 2.45) is 0 Å². The minimum Gasteiger partial charge on any atom is -0.494 e. The molecule has 0 bridgehead atoms. The molecule has 8 nitrogen and oxygen atoms in total. The third-order valence-corrected chi connectivity index (χ3v) is 5.72. The molecule has 0 saturated heterocycles. The molecular weight excluding hydrogens is 452 g/mol. The van der Waals surface area contributed by atoms with Gasteiger partial charge in [-0.05, 0) is 37.7 Å². The van der Waals surface area contributed by atoms with E-state index in [1.54, 1.807) is 0 Å². The molecule has 3 N–H and O–H groups in total. The summed E-state index contributed by atoms with van der Waals surface area (Å²) in [5.74, 6) is -2.37. The van der Waals surface area contributed by atoms with E-state index in [9.17, 15) is 4.79 Å². The van der Waals surface area contributed by atoms with E-state index < -0.39 is 17.6 Å². The summed E-state index contributed by atoms with van der Waals surface area (Å²) in [5.41, 5.74) is 3.28. The molecular formula is C22H25F2N5O3S. The number of aromatic nitrogens is 4. The molecule has 4 rings (SSSR count). The second kappa shape index (κ2) is 10.1. The second-order valence-electron chi connectivity index (χ2n) is 7.50. The van der Waals surface area contributed by atoms with Crippen LogP contribution in [0, 0.1) is 11.6 Å². The van der Waals surface area contributed by atoms with Gasteiger partial charge in [0.1, 0.15) is 11.4 Å². The van der Waals surface area contributed by atoms with Crippen LogP contribution in [0.4, 0.5) is 14.5 Å². The Kier molecular flexibility index (Phi) is 7.42. The maximum absolute atomic E-state index is 15.1. The molecule has 3 aromatic rings. The predicted molar refractivity (Wildman–Crippen MR) is 124 cm³/mol. The van der Waals surface area contributed by atoms with Gasteiger partial charge < -0.3 is 14.8 Å². The lowest BCUT2D eigenvalue weighted by Crippen LogP contribution is -2.10. The zero-order chi connectivity index (χ0) is 22.8. The SMILES string of the molecule is C=CC(=O)Nc1cn[nH]c1-c1n[nH]c2c1CCC[C@H](c1c(F)c(OC)cc(OC)c1F)C2.S. The van der Waals surface area contributed by atoms with E-state index in [-0.39, 0.29) is 36.5 Å². The largest absolute Gasteiger partial charge is 0.494 e. The molecule has 0 unspecified atom stereocenters. The van der Waals surface area contributed by atoms with Crippen LogP contribution in [0.5, 0.6) is 11.5 Å². The van der Waals surface area contributed by atoms with Gasteiger partial charge in [0.2, 0.25) is 5.91 Å². The number of fused-ring (bicyclic) bond motifs is 1. The van der Waals surface area contributed by atoms with E-state index >= 15 is 8.78 Å². The molecule has 0 radical (unpaired) electrons. The number of anilines is 1. The number of H-pyrrole nitrogens is 2. The summed E-state index contributed by atoms with van der Waals surface area (Å²) in [7, 11) is 2.66. The molecule has 0 spiro atoms. The van der Waals surface area contributed by atoms with Gasteiger partial charge >= 0.3 is 0 Å². The normalized spacial score (nSPS) is 15.1. The summed E-state index contributed by atoms with van der Waals surface area (Å²) < 4.78 is 40.3. The van der Waals surface area contributed by atoms with E-state index in [0.717, 1.165) is 17.3 Å². The number of aromatic amines is 2. The smallest absolute Gasteiger partial charge is 0.247 e. The summed E-state index contributed by atoms with van der Waals surface area (Å²) in [4.78, 5) is 11.7. The summed E-state index contributed by atoms with van der Waals surface area (Å²) in [6.45, 7) is 3.45. The Morgan fingerprint density at radius 1 is 1.24 bits per heavy atom. The number of carbonyl (C=O) groups is 1. The quantitative estimate of drug-likeness (QED) is 0.368. The van der Waals surface area contributed by atoms with E-state index in [0.29, 0.717) is 42.8 Å². The van der Waals surface area contributed by atoms with Crippen LogP contribution in [0.1, 0.15) is 35.6 Å². The lowest BCUT2D eigenvalue weighted by Gasteiger charge is -2.19. The van der Waals surface area contributed by atoms with E-state index in [4.69, 9.17) is 9.47 Å². The standard InChI is InChI=1S/C22H23F2N5O3.H2S/c1-4-17(30)26-14-10-25-28-22(14)21-12-7-5-6-11(8-13(12)27-29-21)18-19(23)15(31-2)9-16(32-3)20(18)24;/h4,9-11H,1,5-8H2,2-3H3,(H,25,28)(H,26,30)(H,27,29);1H2/t11-;/m0./s1. The molecule has 2 aromatic heterocycles. The highest BCUT2D eigenvalue weighted by molar-refractivity contribution is 7.59. The van der Waals surface area contributed by atoms with E-state index in [2.05, 4.69) is 32.3 Å². The van der Waals surface area contributed by atoms with Gasteiger partial charge in [-0.25, -0.2) is 8.78 Å². The van der Waals surface area contributed by atoms with Crippen molar-refractivity contribution in [3.8, 4) is 22.9 Å². The molecule has 0 saturated carbocycles. The van der Waals surface area contributed by atoms with Crippen molar-refractivity contribution in [1.82, 2.24) is 20.4 Å². The molecule has 1 aliphatic rings. The van der Waals surface area contributed by atoms with Crippen LogP contribution in [-0.4, -0.2) is 40.5 Å². The molecule has 11 heteroatoms. The molecule has 1 atom stereocenters. The van der Waals surface area contributed by atoms with Gasteiger partial charge in [-0.2, -0.15) is 23.7 Å². The third kappa shape index (κ3) is 4.45. The number of carbonyl (C=O) groups excluding carboxylic acids is 1.